The second-order valence-corrected chi connectivity index (χ2v) is 8.45. The number of piperidine rings is 1. The fourth-order valence-electron chi connectivity index (χ4n) is 3.90. The number of ether oxygens (including phenoxy) is 1. The number of carbonyl (C=O) groups is 2. The van der Waals surface area contributed by atoms with Crippen LogP contribution in [-0.4, -0.2) is 68.1 Å². The summed E-state index contributed by atoms with van der Waals surface area (Å²) in [6.07, 6.45) is 3.30. The summed E-state index contributed by atoms with van der Waals surface area (Å²) in [5.41, 5.74) is -0.337. The van der Waals surface area contributed by atoms with Crippen LogP contribution in [-0.2, 0) is 4.74 Å². The molecule has 9 heteroatoms. The zero-order chi connectivity index (χ0) is 20.8. The number of rotatable bonds is 2. The molecule has 0 bridgehead atoms. The Bertz CT molecular complexity index is 925. The van der Waals surface area contributed by atoms with Crippen LogP contribution >= 0.6 is 0 Å². The van der Waals surface area contributed by atoms with Crippen molar-refractivity contribution in [3.05, 3.63) is 42.0 Å². The number of aromatic nitrogens is 3. The topological polar surface area (TPSA) is 80.6 Å². The third-order valence-electron chi connectivity index (χ3n) is 5.30. The second-order valence-electron chi connectivity index (χ2n) is 8.45. The monoisotopic (exact) mass is 401 g/mol. The smallest absolute Gasteiger partial charge is 0.410 e. The summed E-state index contributed by atoms with van der Waals surface area (Å²) in [5.74, 6) is -0.523. The summed E-state index contributed by atoms with van der Waals surface area (Å²) in [7, 11) is 0. The SMILES string of the molecule is CC(C)(C)OC(=O)N1CC[C@@H]2CN(C(=O)c3cccc(F)c3-n3nccn3)[C@@H]2C1. The normalized spacial score (nSPS) is 21.4. The Kier molecular flexibility index (Phi) is 4.76. The van der Waals surface area contributed by atoms with E-state index >= 15 is 0 Å². The van der Waals surface area contributed by atoms with Gasteiger partial charge < -0.3 is 14.5 Å². The van der Waals surface area contributed by atoms with Crippen molar-refractivity contribution < 1.29 is 18.7 Å². The zero-order valence-corrected chi connectivity index (χ0v) is 16.7. The van der Waals surface area contributed by atoms with Crippen LogP contribution in [0.15, 0.2) is 30.6 Å². The maximum absolute atomic E-state index is 14.5. The minimum atomic E-state index is -0.573. The molecular formula is C20H24FN5O3. The molecule has 1 aromatic heterocycles. The van der Waals surface area contributed by atoms with E-state index in [-0.39, 0.29) is 29.3 Å². The number of para-hydroxylation sites is 1. The van der Waals surface area contributed by atoms with E-state index < -0.39 is 11.4 Å². The Morgan fingerprint density at radius 2 is 1.90 bits per heavy atom. The van der Waals surface area contributed by atoms with E-state index in [1.807, 2.05) is 20.8 Å². The summed E-state index contributed by atoms with van der Waals surface area (Å²) in [4.78, 5) is 30.1. The molecular weight excluding hydrogens is 377 g/mol. The first-order valence-electron chi connectivity index (χ1n) is 9.69. The van der Waals surface area contributed by atoms with Crippen LogP contribution in [0.4, 0.5) is 9.18 Å². The summed E-state index contributed by atoms with van der Waals surface area (Å²) in [6, 6.07) is 4.25. The molecule has 8 nitrogen and oxygen atoms in total. The molecule has 0 radical (unpaired) electrons. The highest BCUT2D eigenvalue weighted by Gasteiger charge is 2.47. The van der Waals surface area contributed by atoms with E-state index in [2.05, 4.69) is 10.2 Å². The van der Waals surface area contributed by atoms with Crippen LogP contribution in [0.1, 0.15) is 37.6 Å². The fraction of sp³-hybridized carbons (Fsp3) is 0.500. The number of benzene rings is 1. The number of amides is 2. The van der Waals surface area contributed by atoms with Gasteiger partial charge in [-0.25, -0.2) is 9.18 Å². The highest BCUT2D eigenvalue weighted by atomic mass is 19.1. The van der Waals surface area contributed by atoms with E-state index in [9.17, 15) is 14.0 Å². The molecule has 2 amide bonds. The van der Waals surface area contributed by atoms with Crippen molar-refractivity contribution in [2.45, 2.75) is 38.8 Å². The van der Waals surface area contributed by atoms with Gasteiger partial charge in [-0.3, -0.25) is 4.79 Å². The van der Waals surface area contributed by atoms with Gasteiger partial charge >= 0.3 is 6.09 Å². The van der Waals surface area contributed by atoms with Crippen LogP contribution in [0.5, 0.6) is 0 Å². The van der Waals surface area contributed by atoms with E-state index in [0.29, 0.717) is 25.6 Å². The number of halogens is 1. The minimum Gasteiger partial charge on any atom is -0.444 e. The van der Waals surface area contributed by atoms with Gasteiger partial charge in [-0.2, -0.15) is 10.2 Å². The predicted octanol–water partition coefficient (Wildman–Crippen LogP) is 2.49. The molecule has 2 fully saturated rings. The van der Waals surface area contributed by atoms with Gasteiger partial charge in [0.05, 0.1) is 24.0 Å². The maximum Gasteiger partial charge on any atom is 0.410 e. The molecule has 29 heavy (non-hydrogen) atoms. The molecule has 2 aromatic rings. The number of fused-ring (bicyclic) bond motifs is 1. The van der Waals surface area contributed by atoms with E-state index in [1.54, 1.807) is 15.9 Å². The van der Waals surface area contributed by atoms with Crippen LogP contribution in [0.25, 0.3) is 5.69 Å². The molecule has 2 atom stereocenters. The highest BCUT2D eigenvalue weighted by Crippen LogP contribution is 2.35. The summed E-state index contributed by atoms with van der Waals surface area (Å²) < 4.78 is 19.9. The van der Waals surface area contributed by atoms with Gasteiger partial charge in [-0.15, -0.1) is 4.80 Å². The lowest BCUT2D eigenvalue weighted by molar-refractivity contribution is -0.0385. The van der Waals surface area contributed by atoms with Crippen LogP contribution in [0.2, 0.25) is 0 Å². The van der Waals surface area contributed by atoms with E-state index in [4.69, 9.17) is 4.74 Å². The van der Waals surface area contributed by atoms with Crippen LogP contribution in [0.3, 0.4) is 0 Å². The molecule has 3 heterocycles. The molecule has 4 rings (SSSR count). The fourth-order valence-corrected chi connectivity index (χ4v) is 3.90. The molecule has 1 aromatic carbocycles. The Morgan fingerprint density at radius 3 is 2.59 bits per heavy atom. The lowest BCUT2D eigenvalue weighted by Crippen LogP contribution is -2.66. The third kappa shape index (κ3) is 3.68. The van der Waals surface area contributed by atoms with Crippen molar-refractivity contribution >= 4 is 12.0 Å². The van der Waals surface area contributed by atoms with Gasteiger partial charge in [-0.1, -0.05) is 6.07 Å². The second kappa shape index (κ2) is 7.13. The highest BCUT2D eigenvalue weighted by molar-refractivity contribution is 5.98. The Labute approximate surface area is 168 Å². The average molecular weight is 401 g/mol. The number of likely N-dealkylation sites (tertiary alicyclic amines) is 2. The minimum absolute atomic E-state index is 0.0331. The Balaban J connectivity index is 1.53. The summed E-state index contributed by atoms with van der Waals surface area (Å²) in [5, 5.41) is 7.94. The quantitative estimate of drug-likeness (QED) is 0.772. The van der Waals surface area contributed by atoms with Crippen molar-refractivity contribution in [2.75, 3.05) is 19.6 Å². The molecule has 0 saturated carbocycles. The Hall–Kier alpha value is -2.97. The standard InChI is InChI=1S/C20H24FN5O3/c1-20(2,3)29-19(28)24-10-7-13-11-25(16(13)12-24)18(27)14-5-4-6-15(21)17(14)26-22-8-9-23-26/h4-6,8-9,13,16H,7,10-12H2,1-3H3/t13-,16-/m1/s1. The average Bonchev–Trinajstić information content (AvgIpc) is 3.15. The first kappa shape index (κ1) is 19.4. The lowest BCUT2D eigenvalue weighted by Gasteiger charge is -2.53. The van der Waals surface area contributed by atoms with Crippen molar-refractivity contribution in [1.82, 2.24) is 24.8 Å². The number of nitrogens with zero attached hydrogens (tertiary/aromatic N) is 5. The van der Waals surface area contributed by atoms with E-state index in [1.165, 1.54) is 24.5 Å². The molecule has 2 saturated heterocycles. The molecule has 2 aliphatic rings. The molecule has 0 spiro atoms. The summed E-state index contributed by atoms with van der Waals surface area (Å²) >= 11 is 0. The van der Waals surface area contributed by atoms with Crippen molar-refractivity contribution in [1.29, 1.82) is 0 Å². The van der Waals surface area contributed by atoms with Gasteiger partial charge in [0.15, 0.2) is 5.82 Å². The predicted molar refractivity (Wildman–Crippen MR) is 102 cm³/mol. The molecule has 0 aliphatic carbocycles. The lowest BCUT2D eigenvalue weighted by atomic mass is 9.82. The Morgan fingerprint density at radius 1 is 1.17 bits per heavy atom. The number of carbonyl (C=O) groups excluding carboxylic acids is 2. The first-order valence-corrected chi connectivity index (χ1v) is 9.69. The van der Waals surface area contributed by atoms with Crippen LogP contribution in [0, 0.1) is 11.7 Å². The van der Waals surface area contributed by atoms with Gasteiger partial charge in [0.1, 0.15) is 11.3 Å². The largest absolute Gasteiger partial charge is 0.444 e. The van der Waals surface area contributed by atoms with Crippen molar-refractivity contribution in [2.24, 2.45) is 5.92 Å². The van der Waals surface area contributed by atoms with Gasteiger partial charge in [0, 0.05) is 25.6 Å². The number of hydrogen-bond donors (Lipinski definition) is 0. The van der Waals surface area contributed by atoms with E-state index in [0.717, 1.165) is 11.2 Å². The zero-order valence-electron chi connectivity index (χ0n) is 16.7. The molecule has 0 N–H and O–H groups in total. The summed E-state index contributed by atoms with van der Waals surface area (Å²) in [6.45, 7) is 7.09. The van der Waals surface area contributed by atoms with Crippen molar-refractivity contribution in [3.8, 4) is 5.69 Å². The van der Waals surface area contributed by atoms with Gasteiger partial charge in [0.2, 0.25) is 0 Å². The number of hydrogen-bond acceptors (Lipinski definition) is 5. The molecule has 154 valence electrons. The van der Waals surface area contributed by atoms with Crippen molar-refractivity contribution in [3.63, 3.8) is 0 Å². The molecule has 2 aliphatic heterocycles. The van der Waals surface area contributed by atoms with Crippen LogP contribution < -0.4 is 0 Å². The molecule has 0 unspecified atom stereocenters. The van der Waals surface area contributed by atoms with Gasteiger partial charge in [0.25, 0.3) is 5.91 Å². The third-order valence-corrected chi connectivity index (χ3v) is 5.30. The van der Waals surface area contributed by atoms with Gasteiger partial charge in [-0.05, 0) is 39.3 Å². The first-order chi connectivity index (χ1) is 13.7. The maximum atomic E-state index is 14.5.